The molecule has 5 rings (SSSR count). The first-order valence-electron chi connectivity index (χ1n) is 9.12. The van der Waals surface area contributed by atoms with Crippen molar-refractivity contribution >= 4 is 0 Å². The van der Waals surface area contributed by atoms with Crippen molar-refractivity contribution < 1.29 is 23.7 Å². The van der Waals surface area contributed by atoms with Gasteiger partial charge in [0.15, 0.2) is 23.0 Å². The zero-order valence-corrected chi connectivity index (χ0v) is 14.9. The largest absolute Gasteiger partial charge is 0.454 e. The maximum atomic E-state index is 6.49. The van der Waals surface area contributed by atoms with Crippen LogP contribution in [0.1, 0.15) is 31.1 Å². The lowest BCUT2D eigenvalue weighted by Gasteiger charge is -2.16. The van der Waals surface area contributed by atoms with E-state index in [4.69, 9.17) is 23.7 Å². The molecule has 4 atom stereocenters. The van der Waals surface area contributed by atoms with Gasteiger partial charge in [0.2, 0.25) is 13.6 Å². The van der Waals surface area contributed by atoms with Gasteiger partial charge in [0.25, 0.3) is 0 Å². The maximum Gasteiger partial charge on any atom is 0.231 e. The summed E-state index contributed by atoms with van der Waals surface area (Å²) in [6.45, 7) is 5.14. The topological polar surface area (TPSA) is 46.2 Å². The summed E-state index contributed by atoms with van der Waals surface area (Å²) in [5, 5.41) is 0. The average molecular weight is 354 g/mol. The highest BCUT2D eigenvalue weighted by atomic mass is 16.7. The first-order chi connectivity index (χ1) is 12.7. The number of hydrogen-bond acceptors (Lipinski definition) is 5. The predicted molar refractivity (Wildman–Crippen MR) is 94.8 cm³/mol. The van der Waals surface area contributed by atoms with Gasteiger partial charge in [0.1, 0.15) is 0 Å². The minimum absolute atomic E-state index is 0.0681. The number of hydrogen-bond donors (Lipinski definition) is 0. The number of ether oxygens (including phenoxy) is 5. The van der Waals surface area contributed by atoms with E-state index in [1.165, 1.54) is 5.56 Å². The van der Waals surface area contributed by atoms with E-state index in [0.29, 0.717) is 25.4 Å². The van der Waals surface area contributed by atoms with Gasteiger partial charge in [-0.3, -0.25) is 0 Å². The van der Waals surface area contributed by atoms with E-state index in [1.807, 2.05) is 12.1 Å². The molecule has 3 aliphatic heterocycles. The van der Waals surface area contributed by atoms with Crippen LogP contribution in [-0.4, -0.2) is 19.7 Å². The monoisotopic (exact) mass is 354 g/mol. The number of fused-ring (bicyclic) bond motifs is 2. The molecule has 2 aromatic carbocycles. The second-order valence-electron chi connectivity index (χ2n) is 7.32. The lowest BCUT2D eigenvalue weighted by Crippen LogP contribution is -2.18. The van der Waals surface area contributed by atoms with Crippen LogP contribution in [0.2, 0.25) is 0 Å². The van der Waals surface area contributed by atoms with E-state index in [1.54, 1.807) is 0 Å². The van der Waals surface area contributed by atoms with Gasteiger partial charge in [0, 0.05) is 0 Å². The molecule has 3 aliphatic rings. The van der Waals surface area contributed by atoms with E-state index >= 15 is 0 Å². The van der Waals surface area contributed by atoms with Crippen LogP contribution < -0.4 is 18.9 Å². The van der Waals surface area contributed by atoms with Crippen LogP contribution in [0.4, 0.5) is 0 Å². The summed E-state index contributed by atoms with van der Waals surface area (Å²) in [5.41, 5.74) is 2.37. The molecule has 0 radical (unpaired) electrons. The Balaban J connectivity index is 1.35. The molecule has 0 bridgehead atoms. The lowest BCUT2D eigenvalue weighted by molar-refractivity contribution is 0.0302. The minimum Gasteiger partial charge on any atom is -0.454 e. The van der Waals surface area contributed by atoms with Crippen LogP contribution in [-0.2, 0) is 11.2 Å². The molecule has 5 heteroatoms. The fourth-order valence-corrected chi connectivity index (χ4v) is 4.06. The van der Waals surface area contributed by atoms with Gasteiger partial charge in [-0.05, 0) is 53.6 Å². The summed E-state index contributed by atoms with van der Waals surface area (Å²) >= 11 is 0. The van der Waals surface area contributed by atoms with Crippen molar-refractivity contribution in [1.29, 1.82) is 0 Å². The SMILES string of the molecule is C[C@H]1[C@H](C)[C@@H](Cc2ccc3c(c2)OCO3)O[C@@H]1c1ccc2c(c1)OCO2. The molecule has 1 saturated heterocycles. The van der Waals surface area contributed by atoms with Gasteiger partial charge in [-0.1, -0.05) is 26.0 Å². The van der Waals surface area contributed by atoms with Crippen LogP contribution in [0.5, 0.6) is 23.0 Å². The van der Waals surface area contributed by atoms with E-state index in [0.717, 1.165) is 35.0 Å². The van der Waals surface area contributed by atoms with Crippen LogP contribution in [0.15, 0.2) is 36.4 Å². The molecule has 0 saturated carbocycles. The summed E-state index contributed by atoms with van der Waals surface area (Å²) in [6, 6.07) is 12.3. The Bertz CT molecular complexity index is 833. The second-order valence-corrected chi connectivity index (χ2v) is 7.32. The zero-order chi connectivity index (χ0) is 17.7. The van der Waals surface area contributed by atoms with Gasteiger partial charge in [-0.2, -0.15) is 0 Å². The number of benzene rings is 2. The zero-order valence-electron chi connectivity index (χ0n) is 14.9. The standard InChI is InChI=1S/C21H22O5/c1-12-13(2)21(15-4-6-17-20(9-15)25-11-23-17)26-18(12)7-14-3-5-16-19(8-14)24-10-22-16/h3-6,8-9,12-13,18,21H,7,10-11H2,1-2H3/t12-,13-,18+,21-/m0/s1. The van der Waals surface area contributed by atoms with Gasteiger partial charge < -0.3 is 23.7 Å². The highest BCUT2D eigenvalue weighted by Crippen LogP contribution is 2.45. The van der Waals surface area contributed by atoms with Crippen molar-refractivity contribution in [2.75, 3.05) is 13.6 Å². The van der Waals surface area contributed by atoms with Crippen molar-refractivity contribution in [3.8, 4) is 23.0 Å². The summed E-state index contributed by atoms with van der Waals surface area (Å²) in [7, 11) is 0. The lowest BCUT2D eigenvalue weighted by atomic mass is 9.85. The smallest absolute Gasteiger partial charge is 0.231 e. The van der Waals surface area contributed by atoms with Crippen molar-refractivity contribution in [3.63, 3.8) is 0 Å². The van der Waals surface area contributed by atoms with E-state index in [9.17, 15) is 0 Å². The Morgan fingerprint density at radius 2 is 1.42 bits per heavy atom. The Morgan fingerprint density at radius 1 is 0.769 bits per heavy atom. The molecular weight excluding hydrogens is 332 g/mol. The molecule has 26 heavy (non-hydrogen) atoms. The number of rotatable bonds is 3. The summed E-state index contributed by atoms with van der Waals surface area (Å²) in [4.78, 5) is 0. The third-order valence-corrected chi connectivity index (χ3v) is 5.81. The maximum absolute atomic E-state index is 6.49. The molecular formula is C21H22O5. The van der Waals surface area contributed by atoms with Gasteiger partial charge in [0.05, 0.1) is 12.2 Å². The van der Waals surface area contributed by atoms with E-state index < -0.39 is 0 Å². The Hall–Kier alpha value is -2.40. The quantitative estimate of drug-likeness (QED) is 0.830. The summed E-state index contributed by atoms with van der Waals surface area (Å²) in [6.07, 6.45) is 1.10. The molecule has 0 aliphatic carbocycles. The van der Waals surface area contributed by atoms with E-state index in [-0.39, 0.29) is 12.2 Å². The molecule has 5 nitrogen and oxygen atoms in total. The summed E-state index contributed by atoms with van der Waals surface area (Å²) in [5.74, 6) is 4.15. The van der Waals surface area contributed by atoms with Crippen LogP contribution >= 0.6 is 0 Å². The Labute approximate surface area is 152 Å². The van der Waals surface area contributed by atoms with Gasteiger partial charge >= 0.3 is 0 Å². The van der Waals surface area contributed by atoms with Crippen molar-refractivity contribution in [3.05, 3.63) is 47.5 Å². The van der Waals surface area contributed by atoms with E-state index in [2.05, 4.69) is 38.1 Å². The molecule has 1 fully saturated rings. The third-order valence-electron chi connectivity index (χ3n) is 5.81. The Kier molecular flexibility index (Phi) is 3.71. The van der Waals surface area contributed by atoms with Gasteiger partial charge in [-0.15, -0.1) is 0 Å². The first kappa shape index (κ1) is 15.8. The molecule has 2 aromatic rings. The molecule has 0 unspecified atom stereocenters. The summed E-state index contributed by atoms with van der Waals surface area (Å²) < 4.78 is 28.3. The second kappa shape index (κ2) is 6.09. The fourth-order valence-electron chi connectivity index (χ4n) is 4.06. The van der Waals surface area contributed by atoms with Crippen LogP contribution in [0.3, 0.4) is 0 Å². The predicted octanol–water partition coefficient (Wildman–Crippen LogP) is 4.10. The Morgan fingerprint density at radius 3 is 2.19 bits per heavy atom. The molecule has 0 aromatic heterocycles. The molecule has 0 N–H and O–H groups in total. The molecule has 136 valence electrons. The van der Waals surface area contributed by atoms with Gasteiger partial charge in [-0.25, -0.2) is 0 Å². The third kappa shape index (κ3) is 2.58. The van der Waals surface area contributed by atoms with Crippen LogP contribution in [0, 0.1) is 11.8 Å². The normalized spacial score (nSPS) is 28.5. The van der Waals surface area contributed by atoms with Crippen molar-refractivity contribution in [2.45, 2.75) is 32.5 Å². The highest BCUT2D eigenvalue weighted by molar-refractivity contribution is 5.46. The van der Waals surface area contributed by atoms with Crippen molar-refractivity contribution in [1.82, 2.24) is 0 Å². The fraction of sp³-hybridized carbons (Fsp3) is 0.429. The average Bonchev–Trinajstić information content (AvgIpc) is 3.36. The molecule has 3 heterocycles. The molecule has 0 spiro atoms. The first-order valence-corrected chi connectivity index (χ1v) is 9.12. The van der Waals surface area contributed by atoms with Crippen molar-refractivity contribution in [2.24, 2.45) is 11.8 Å². The highest BCUT2D eigenvalue weighted by Gasteiger charge is 2.40. The molecule has 0 amide bonds. The minimum atomic E-state index is 0.0681. The van der Waals surface area contributed by atoms with Crippen LogP contribution in [0.25, 0.3) is 0 Å².